The maximum atomic E-state index is 12.4. The van der Waals surface area contributed by atoms with Crippen LogP contribution in [0.15, 0.2) is 81.4 Å². The summed E-state index contributed by atoms with van der Waals surface area (Å²) in [5.41, 5.74) is 5.80. The normalized spacial score (nSPS) is 16.5. The summed E-state index contributed by atoms with van der Waals surface area (Å²) >= 11 is 1.15. The third-order valence-electron chi connectivity index (χ3n) is 5.31. The van der Waals surface area contributed by atoms with Crippen LogP contribution in [0.1, 0.15) is 47.5 Å². The first-order valence-electron chi connectivity index (χ1n) is 10.1. The highest BCUT2D eigenvalue weighted by Gasteiger charge is 2.19. The predicted molar refractivity (Wildman–Crippen MR) is 124 cm³/mol. The number of amides is 1. The number of rotatable bonds is 6. The molecule has 0 atom stereocenters. The molecular weight excluding hydrogens is 430 g/mol. The first kappa shape index (κ1) is 21.3. The molecule has 0 bridgehead atoms. The van der Waals surface area contributed by atoms with Crippen LogP contribution in [0, 0.1) is 0 Å². The van der Waals surface area contributed by atoms with Crippen LogP contribution in [-0.4, -0.2) is 20.0 Å². The Bertz CT molecular complexity index is 1150. The summed E-state index contributed by atoms with van der Waals surface area (Å²) in [5, 5.41) is 6.02. The summed E-state index contributed by atoms with van der Waals surface area (Å²) in [6.45, 7) is 0. The number of hydrogen-bond acceptors (Lipinski definition) is 5. The van der Waals surface area contributed by atoms with Crippen molar-refractivity contribution in [3.8, 4) is 0 Å². The second kappa shape index (κ2) is 9.45. The maximum absolute atomic E-state index is 12.4. The zero-order valence-corrected chi connectivity index (χ0v) is 18.5. The highest BCUT2D eigenvalue weighted by molar-refractivity contribution is 7.94. The molecular formula is C23H23N3O3S2. The van der Waals surface area contributed by atoms with Crippen molar-refractivity contribution in [2.75, 3.05) is 4.72 Å². The van der Waals surface area contributed by atoms with E-state index in [0.717, 1.165) is 42.7 Å². The number of sulfonamides is 1. The fourth-order valence-corrected chi connectivity index (χ4v) is 5.68. The van der Waals surface area contributed by atoms with Gasteiger partial charge in [-0.2, -0.15) is 5.10 Å². The minimum absolute atomic E-state index is 0.243. The van der Waals surface area contributed by atoms with Crippen LogP contribution in [0.25, 0.3) is 0 Å². The third kappa shape index (κ3) is 5.39. The van der Waals surface area contributed by atoms with E-state index in [2.05, 4.69) is 39.5 Å². The molecule has 160 valence electrons. The van der Waals surface area contributed by atoms with Gasteiger partial charge in [0.1, 0.15) is 4.21 Å². The number of carbonyl (C=O) groups is 1. The van der Waals surface area contributed by atoms with Crippen molar-refractivity contribution in [2.24, 2.45) is 5.10 Å². The SMILES string of the molecule is O=C(NN=C1CCC(c2ccccc2)CC1)c1ccc(NS(=O)(=O)c2cccs2)cc1. The number of nitrogens with one attached hydrogen (secondary N) is 2. The molecule has 1 aliphatic carbocycles. The number of hydrazone groups is 1. The van der Waals surface area contributed by atoms with Crippen molar-refractivity contribution in [1.29, 1.82) is 0 Å². The minimum Gasteiger partial charge on any atom is -0.279 e. The number of benzene rings is 2. The number of carbonyl (C=O) groups excluding carboxylic acids is 1. The summed E-state index contributed by atoms with van der Waals surface area (Å²) < 4.78 is 27.3. The summed E-state index contributed by atoms with van der Waals surface area (Å²) in [4.78, 5) is 12.4. The Morgan fingerprint density at radius 2 is 1.65 bits per heavy atom. The van der Waals surface area contributed by atoms with Gasteiger partial charge in [-0.1, -0.05) is 36.4 Å². The van der Waals surface area contributed by atoms with Crippen molar-refractivity contribution >= 4 is 38.7 Å². The monoisotopic (exact) mass is 453 g/mol. The number of hydrogen-bond donors (Lipinski definition) is 2. The highest BCUT2D eigenvalue weighted by Crippen LogP contribution is 2.31. The van der Waals surface area contributed by atoms with E-state index in [0.29, 0.717) is 17.2 Å². The molecule has 8 heteroatoms. The second-order valence-corrected chi connectivity index (χ2v) is 10.3. The minimum atomic E-state index is -3.61. The molecule has 3 aromatic rings. The number of anilines is 1. The quantitative estimate of drug-likeness (QED) is 0.515. The van der Waals surface area contributed by atoms with E-state index in [-0.39, 0.29) is 10.1 Å². The molecule has 0 aliphatic heterocycles. The van der Waals surface area contributed by atoms with Crippen LogP contribution in [-0.2, 0) is 10.0 Å². The lowest BCUT2D eigenvalue weighted by Crippen LogP contribution is -2.22. The second-order valence-electron chi connectivity index (χ2n) is 7.42. The summed E-state index contributed by atoms with van der Waals surface area (Å²) in [5.74, 6) is 0.228. The van der Waals surface area contributed by atoms with Gasteiger partial charge in [-0.3, -0.25) is 9.52 Å². The van der Waals surface area contributed by atoms with Crippen LogP contribution >= 0.6 is 11.3 Å². The van der Waals surface area contributed by atoms with Crippen molar-refractivity contribution in [3.63, 3.8) is 0 Å². The molecule has 0 unspecified atom stereocenters. The van der Waals surface area contributed by atoms with Gasteiger partial charge in [0, 0.05) is 17.0 Å². The van der Waals surface area contributed by atoms with Gasteiger partial charge in [0.05, 0.1) is 0 Å². The predicted octanol–water partition coefficient (Wildman–Crippen LogP) is 4.99. The van der Waals surface area contributed by atoms with Crippen LogP contribution in [0.3, 0.4) is 0 Å². The number of thiophene rings is 1. The van der Waals surface area contributed by atoms with Gasteiger partial charge in [0.15, 0.2) is 0 Å². The average Bonchev–Trinajstić information content (AvgIpc) is 3.35. The number of nitrogens with zero attached hydrogens (tertiary/aromatic N) is 1. The van der Waals surface area contributed by atoms with Gasteiger partial charge >= 0.3 is 0 Å². The lowest BCUT2D eigenvalue weighted by Gasteiger charge is -2.23. The van der Waals surface area contributed by atoms with E-state index in [1.54, 1.807) is 41.8 Å². The first-order chi connectivity index (χ1) is 15.0. The lowest BCUT2D eigenvalue weighted by molar-refractivity contribution is 0.0954. The molecule has 0 radical (unpaired) electrons. The maximum Gasteiger partial charge on any atom is 0.271 e. The Morgan fingerprint density at radius 3 is 2.29 bits per heavy atom. The molecule has 1 amide bonds. The van der Waals surface area contributed by atoms with E-state index in [1.165, 1.54) is 5.56 Å². The Morgan fingerprint density at radius 1 is 0.935 bits per heavy atom. The Balaban J connectivity index is 1.31. The summed E-state index contributed by atoms with van der Waals surface area (Å²) in [6, 6.07) is 20.0. The van der Waals surface area contributed by atoms with Crippen molar-refractivity contribution in [1.82, 2.24) is 5.43 Å². The third-order valence-corrected chi connectivity index (χ3v) is 8.09. The smallest absolute Gasteiger partial charge is 0.271 e. The molecule has 4 rings (SSSR count). The van der Waals surface area contributed by atoms with Gasteiger partial charge in [0.25, 0.3) is 15.9 Å². The molecule has 0 saturated heterocycles. The lowest BCUT2D eigenvalue weighted by atomic mass is 9.83. The van der Waals surface area contributed by atoms with Gasteiger partial charge in [-0.15, -0.1) is 11.3 Å². The summed E-state index contributed by atoms with van der Waals surface area (Å²) in [7, 11) is -3.61. The van der Waals surface area contributed by atoms with Crippen molar-refractivity contribution < 1.29 is 13.2 Å². The molecule has 2 N–H and O–H groups in total. The molecule has 31 heavy (non-hydrogen) atoms. The first-order valence-corrected chi connectivity index (χ1v) is 12.4. The zero-order chi connectivity index (χ0) is 21.7. The molecule has 0 spiro atoms. The van der Waals surface area contributed by atoms with Gasteiger partial charge in [0.2, 0.25) is 0 Å². The van der Waals surface area contributed by atoms with Gasteiger partial charge < -0.3 is 0 Å². The van der Waals surface area contributed by atoms with E-state index in [4.69, 9.17) is 0 Å². The Hall–Kier alpha value is -2.97. The molecule has 1 aromatic heterocycles. The molecule has 1 heterocycles. The van der Waals surface area contributed by atoms with Crippen LogP contribution < -0.4 is 10.1 Å². The molecule has 1 fully saturated rings. The standard InChI is InChI=1S/C23H23N3O3S2/c27-23(25-24-20-12-8-18(9-13-20)17-5-2-1-3-6-17)19-10-14-21(15-11-19)26-31(28,29)22-7-4-16-30-22/h1-7,10-11,14-16,18,26H,8-9,12-13H2,(H,25,27). The van der Waals surface area contributed by atoms with Gasteiger partial charge in [-0.25, -0.2) is 13.8 Å². The van der Waals surface area contributed by atoms with E-state index >= 15 is 0 Å². The summed E-state index contributed by atoms with van der Waals surface area (Å²) in [6.07, 6.45) is 3.78. The molecule has 1 aliphatic rings. The van der Waals surface area contributed by atoms with E-state index in [9.17, 15) is 13.2 Å². The Labute approximate surface area is 186 Å². The van der Waals surface area contributed by atoms with E-state index < -0.39 is 10.0 Å². The fraction of sp³-hybridized carbons (Fsp3) is 0.217. The fourth-order valence-electron chi connectivity index (χ4n) is 3.63. The molecule has 6 nitrogen and oxygen atoms in total. The topological polar surface area (TPSA) is 87.6 Å². The van der Waals surface area contributed by atoms with E-state index in [1.807, 2.05) is 6.07 Å². The van der Waals surface area contributed by atoms with Crippen LogP contribution in [0.4, 0.5) is 5.69 Å². The van der Waals surface area contributed by atoms with Crippen molar-refractivity contribution in [2.45, 2.75) is 35.8 Å². The van der Waals surface area contributed by atoms with Gasteiger partial charge in [-0.05, 0) is 72.9 Å². The zero-order valence-electron chi connectivity index (χ0n) is 16.8. The molecule has 2 aromatic carbocycles. The van der Waals surface area contributed by atoms with Crippen LogP contribution in [0.2, 0.25) is 0 Å². The highest BCUT2D eigenvalue weighted by atomic mass is 32.2. The largest absolute Gasteiger partial charge is 0.279 e. The van der Waals surface area contributed by atoms with Crippen LogP contribution in [0.5, 0.6) is 0 Å². The van der Waals surface area contributed by atoms with Crippen molar-refractivity contribution in [3.05, 3.63) is 83.2 Å². The molecule has 1 saturated carbocycles. The average molecular weight is 454 g/mol. The Kier molecular flexibility index (Phi) is 6.48.